The predicted octanol–water partition coefficient (Wildman–Crippen LogP) is 3.24. The molecule has 1 aromatic heterocycles. The molecule has 2 heterocycles. The van der Waals surface area contributed by atoms with Crippen LogP contribution < -0.4 is 5.32 Å². The summed E-state index contributed by atoms with van der Waals surface area (Å²) in [5.74, 6) is 0.477. The number of nitrogens with one attached hydrogen (secondary N) is 1. The summed E-state index contributed by atoms with van der Waals surface area (Å²) < 4.78 is 25.2. The van der Waals surface area contributed by atoms with Crippen LogP contribution in [0.5, 0.6) is 0 Å². The van der Waals surface area contributed by atoms with Gasteiger partial charge in [0.15, 0.2) is 9.84 Å². The van der Waals surface area contributed by atoms with Crippen molar-refractivity contribution in [1.29, 1.82) is 0 Å². The summed E-state index contributed by atoms with van der Waals surface area (Å²) in [6.07, 6.45) is 2.69. The average Bonchev–Trinajstić information content (AvgIpc) is 3.08. The minimum Gasteiger partial charge on any atom is -0.309 e. The van der Waals surface area contributed by atoms with E-state index in [2.05, 4.69) is 26.1 Å². The van der Waals surface area contributed by atoms with Crippen molar-refractivity contribution in [3.63, 3.8) is 0 Å². The number of sulfone groups is 1. The summed E-state index contributed by atoms with van der Waals surface area (Å²) in [5, 5.41) is 8.79. The molecule has 0 bridgehead atoms. The number of nitrogens with zero attached hydrogens (tertiary/aromatic N) is 2. The molecule has 0 spiro atoms. The number of halogens is 1. The van der Waals surface area contributed by atoms with Crippen LogP contribution in [0.15, 0.2) is 30.5 Å². The fourth-order valence-electron chi connectivity index (χ4n) is 2.97. The topological polar surface area (TPSA) is 64.0 Å². The highest BCUT2D eigenvalue weighted by molar-refractivity contribution is 7.91. The fraction of sp³-hybridized carbons (Fsp3) is 0.500. The highest BCUT2D eigenvalue weighted by Crippen LogP contribution is 2.31. The zero-order valence-electron chi connectivity index (χ0n) is 14.8. The van der Waals surface area contributed by atoms with Gasteiger partial charge in [-0.1, -0.05) is 29.8 Å². The van der Waals surface area contributed by atoms with E-state index >= 15 is 0 Å². The number of aromatic nitrogens is 2. The van der Waals surface area contributed by atoms with Gasteiger partial charge < -0.3 is 5.32 Å². The molecule has 0 saturated carbocycles. The van der Waals surface area contributed by atoms with Crippen LogP contribution in [0.1, 0.15) is 32.8 Å². The van der Waals surface area contributed by atoms with Gasteiger partial charge in [0.2, 0.25) is 0 Å². The molecular formula is C18H24ClN3O2S. The zero-order valence-corrected chi connectivity index (χ0v) is 16.4. The van der Waals surface area contributed by atoms with Crippen molar-refractivity contribution < 1.29 is 8.42 Å². The van der Waals surface area contributed by atoms with Crippen LogP contribution in [-0.4, -0.2) is 35.7 Å². The normalized spacial score (nSPS) is 20.1. The summed E-state index contributed by atoms with van der Waals surface area (Å²) in [7, 11) is -2.89. The van der Waals surface area contributed by atoms with Crippen molar-refractivity contribution in [3.8, 4) is 11.3 Å². The van der Waals surface area contributed by atoms with E-state index in [4.69, 9.17) is 16.7 Å². The van der Waals surface area contributed by atoms with Crippen LogP contribution in [0.4, 0.5) is 0 Å². The molecule has 2 aromatic rings. The monoisotopic (exact) mass is 381 g/mol. The van der Waals surface area contributed by atoms with Crippen molar-refractivity contribution in [2.75, 3.05) is 11.5 Å². The summed E-state index contributed by atoms with van der Waals surface area (Å²) in [6, 6.07) is 7.66. The molecule has 1 fully saturated rings. The lowest BCUT2D eigenvalue weighted by Crippen LogP contribution is -2.29. The third kappa shape index (κ3) is 4.25. The summed E-state index contributed by atoms with van der Waals surface area (Å²) in [5.41, 5.74) is 2.61. The molecule has 25 heavy (non-hydrogen) atoms. The first-order valence-electron chi connectivity index (χ1n) is 8.43. The Morgan fingerprint density at radius 3 is 2.64 bits per heavy atom. The molecule has 1 N–H and O–H groups in total. The molecule has 1 saturated heterocycles. The van der Waals surface area contributed by atoms with Gasteiger partial charge in [0, 0.05) is 29.9 Å². The maximum absolute atomic E-state index is 11.6. The Labute approximate surface area is 154 Å². The van der Waals surface area contributed by atoms with Gasteiger partial charge in [0.1, 0.15) is 0 Å². The van der Waals surface area contributed by atoms with Crippen LogP contribution in [0.3, 0.4) is 0 Å². The molecule has 1 aliphatic heterocycles. The van der Waals surface area contributed by atoms with E-state index in [-0.39, 0.29) is 23.1 Å². The lowest BCUT2D eigenvalue weighted by Gasteiger charge is -2.19. The number of benzene rings is 1. The van der Waals surface area contributed by atoms with Crippen LogP contribution in [0.25, 0.3) is 11.3 Å². The molecule has 0 amide bonds. The minimum absolute atomic E-state index is 0.00193. The second-order valence-electron chi connectivity index (χ2n) is 7.58. The Bertz CT molecular complexity index is 869. The van der Waals surface area contributed by atoms with E-state index in [0.717, 1.165) is 16.8 Å². The van der Waals surface area contributed by atoms with E-state index < -0.39 is 9.84 Å². The predicted molar refractivity (Wildman–Crippen MR) is 102 cm³/mol. The Morgan fingerprint density at radius 2 is 2.04 bits per heavy atom. The van der Waals surface area contributed by atoms with E-state index in [9.17, 15) is 8.42 Å². The number of rotatable bonds is 4. The summed E-state index contributed by atoms with van der Waals surface area (Å²) in [4.78, 5) is 0. The largest absolute Gasteiger partial charge is 0.309 e. The Morgan fingerprint density at radius 1 is 1.32 bits per heavy atom. The van der Waals surface area contributed by atoms with Gasteiger partial charge >= 0.3 is 0 Å². The fourth-order valence-corrected chi connectivity index (χ4v) is 4.91. The van der Waals surface area contributed by atoms with Crippen LogP contribution in [0, 0.1) is 0 Å². The molecule has 3 rings (SSSR count). The molecule has 1 atom stereocenters. The number of hydrogen-bond donors (Lipinski definition) is 1. The highest BCUT2D eigenvalue weighted by Gasteiger charge is 2.28. The van der Waals surface area contributed by atoms with Gasteiger partial charge in [-0.25, -0.2) is 8.42 Å². The standard InChI is InChI=1S/C18H24ClN3O2S/c1-18(2,3)22-11-13(10-20-14-8-9-25(23,24)12-14)17(21-22)15-6-4-5-7-16(15)19/h4-7,11,14,20H,8-10,12H2,1-3H3. The first kappa shape index (κ1) is 18.4. The van der Waals surface area contributed by atoms with Gasteiger partial charge in [-0.15, -0.1) is 0 Å². The molecule has 1 unspecified atom stereocenters. The third-order valence-electron chi connectivity index (χ3n) is 4.42. The van der Waals surface area contributed by atoms with Crippen LogP contribution >= 0.6 is 11.6 Å². The van der Waals surface area contributed by atoms with Crippen molar-refractivity contribution in [2.24, 2.45) is 0 Å². The minimum atomic E-state index is -2.89. The van der Waals surface area contributed by atoms with Gasteiger partial charge in [0.05, 0.1) is 27.8 Å². The van der Waals surface area contributed by atoms with Crippen molar-refractivity contribution in [3.05, 3.63) is 41.0 Å². The molecule has 1 aromatic carbocycles. The number of hydrogen-bond acceptors (Lipinski definition) is 4. The van der Waals surface area contributed by atoms with E-state index in [0.29, 0.717) is 18.0 Å². The van der Waals surface area contributed by atoms with Crippen LogP contribution in [-0.2, 0) is 21.9 Å². The van der Waals surface area contributed by atoms with Gasteiger partial charge in [-0.05, 0) is 33.3 Å². The zero-order chi connectivity index (χ0) is 18.2. The lowest BCUT2D eigenvalue weighted by atomic mass is 10.1. The first-order chi connectivity index (χ1) is 11.7. The third-order valence-corrected chi connectivity index (χ3v) is 6.52. The van der Waals surface area contributed by atoms with Crippen LogP contribution in [0.2, 0.25) is 5.02 Å². The quantitative estimate of drug-likeness (QED) is 0.883. The molecule has 1 aliphatic rings. The lowest BCUT2D eigenvalue weighted by molar-refractivity contribution is 0.356. The second-order valence-corrected chi connectivity index (χ2v) is 10.2. The molecule has 136 valence electrons. The van der Waals surface area contributed by atoms with E-state index in [1.807, 2.05) is 35.1 Å². The Hall–Kier alpha value is -1.37. The molecule has 7 heteroatoms. The van der Waals surface area contributed by atoms with E-state index in [1.165, 1.54) is 0 Å². The first-order valence-corrected chi connectivity index (χ1v) is 10.6. The van der Waals surface area contributed by atoms with Crippen molar-refractivity contribution in [2.45, 2.75) is 45.3 Å². The smallest absolute Gasteiger partial charge is 0.151 e. The van der Waals surface area contributed by atoms with Gasteiger partial charge in [-0.2, -0.15) is 5.10 Å². The molecule has 0 radical (unpaired) electrons. The van der Waals surface area contributed by atoms with E-state index in [1.54, 1.807) is 0 Å². The average molecular weight is 382 g/mol. The van der Waals surface area contributed by atoms with Gasteiger partial charge in [-0.3, -0.25) is 4.68 Å². The highest BCUT2D eigenvalue weighted by atomic mass is 35.5. The van der Waals surface area contributed by atoms with Gasteiger partial charge in [0.25, 0.3) is 0 Å². The molecular weight excluding hydrogens is 358 g/mol. The Balaban J connectivity index is 1.89. The second kappa shape index (κ2) is 6.74. The SMILES string of the molecule is CC(C)(C)n1cc(CNC2CCS(=O)(=O)C2)c(-c2ccccc2Cl)n1. The maximum Gasteiger partial charge on any atom is 0.151 e. The Kier molecular flexibility index (Phi) is 4.97. The summed E-state index contributed by atoms with van der Waals surface area (Å²) in [6.45, 7) is 6.85. The molecule has 5 nitrogen and oxygen atoms in total. The summed E-state index contributed by atoms with van der Waals surface area (Å²) >= 11 is 6.37. The molecule has 0 aliphatic carbocycles. The van der Waals surface area contributed by atoms with Crippen molar-refractivity contribution in [1.82, 2.24) is 15.1 Å². The van der Waals surface area contributed by atoms with Crippen molar-refractivity contribution >= 4 is 21.4 Å². The maximum atomic E-state index is 11.6.